The molecule has 1 N–H and O–H groups in total. The van der Waals surface area contributed by atoms with E-state index >= 15 is 0 Å². The molecule has 0 aliphatic carbocycles. The average Bonchev–Trinajstić information content (AvgIpc) is 2.56. The first kappa shape index (κ1) is 14.1. The van der Waals surface area contributed by atoms with Crippen LogP contribution >= 0.6 is 0 Å². The molecule has 0 bridgehead atoms. The summed E-state index contributed by atoms with van der Waals surface area (Å²) >= 11 is 0. The minimum absolute atomic E-state index is 0.653. The fourth-order valence-electron chi connectivity index (χ4n) is 2.37. The number of aldehydes is 1. The summed E-state index contributed by atoms with van der Waals surface area (Å²) in [6, 6.07) is 24.1. The lowest BCUT2D eigenvalue weighted by molar-refractivity contribution is 0.112. The highest BCUT2D eigenvalue weighted by atomic mass is 16.1. The van der Waals surface area contributed by atoms with Crippen molar-refractivity contribution in [3.8, 4) is 11.1 Å². The molecule has 0 radical (unpaired) electrons. The average molecular weight is 287 g/mol. The summed E-state index contributed by atoms with van der Waals surface area (Å²) in [5, 5.41) is 3.31. The monoisotopic (exact) mass is 287 g/mol. The number of hydrogen-bond acceptors (Lipinski definition) is 2. The lowest BCUT2D eigenvalue weighted by Crippen LogP contribution is -1.95. The number of anilines is 2. The molecule has 2 heteroatoms. The molecule has 2 nitrogen and oxygen atoms in total. The number of para-hydroxylation sites is 1. The van der Waals surface area contributed by atoms with Gasteiger partial charge in [0, 0.05) is 16.9 Å². The van der Waals surface area contributed by atoms with Gasteiger partial charge in [-0.1, -0.05) is 54.1 Å². The number of nitrogens with one attached hydrogen (secondary N) is 1. The van der Waals surface area contributed by atoms with Crippen LogP contribution in [-0.2, 0) is 0 Å². The maximum atomic E-state index is 11.3. The van der Waals surface area contributed by atoms with Crippen LogP contribution in [0.1, 0.15) is 15.9 Å². The zero-order valence-corrected chi connectivity index (χ0v) is 12.4. The van der Waals surface area contributed by atoms with Gasteiger partial charge in [0.05, 0.1) is 0 Å². The summed E-state index contributed by atoms with van der Waals surface area (Å²) in [6.07, 6.45) is 0.879. The second kappa shape index (κ2) is 6.27. The third kappa shape index (κ3) is 3.07. The van der Waals surface area contributed by atoms with Crippen LogP contribution in [0.4, 0.5) is 11.4 Å². The van der Waals surface area contributed by atoms with Gasteiger partial charge in [0.25, 0.3) is 0 Å². The number of rotatable bonds is 4. The Hall–Kier alpha value is -2.87. The van der Waals surface area contributed by atoms with E-state index in [1.165, 1.54) is 5.56 Å². The van der Waals surface area contributed by atoms with Gasteiger partial charge in [-0.25, -0.2) is 0 Å². The summed E-state index contributed by atoms with van der Waals surface area (Å²) in [7, 11) is 0. The molecule has 0 atom stereocenters. The van der Waals surface area contributed by atoms with E-state index in [-0.39, 0.29) is 0 Å². The lowest BCUT2D eigenvalue weighted by Gasteiger charge is -2.11. The highest BCUT2D eigenvalue weighted by Crippen LogP contribution is 2.27. The zero-order chi connectivity index (χ0) is 15.4. The van der Waals surface area contributed by atoms with E-state index in [1.807, 2.05) is 48.5 Å². The van der Waals surface area contributed by atoms with Crippen LogP contribution in [0.15, 0.2) is 72.8 Å². The molecule has 0 unspecified atom stereocenters. The SMILES string of the molecule is Cc1ccc(-c2ccc(C=O)c(Nc3ccccc3)c2)cc1. The van der Waals surface area contributed by atoms with Crippen LogP contribution in [0.2, 0.25) is 0 Å². The van der Waals surface area contributed by atoms with Crippen molar-refractivity contribution in [3.63, 3.8) is 0 Å². The topological polar surface area (TPSA) is 29.1 Å². The Morgan fingerprint density at radius 1 is 0.818 bits per heavy atom. The van der Waals surface area contributed by atoms with Crippen molar-refractivity contribution < 1.29 is 4.79 Å². The van der Waals surface area contributed by atoms with E-state index < -0.39 is 0 Å². The van der Waals surface area contributed by atoms with Crippen LogP contribution in [0.5, 0.6) is 0 Å². The van der Waals surface area contributed by atoms with Crippen molar-refractivity contribution >= 4 is 17.7 Å². The van der Waals surface area contributed by atoms with Gasteiger partial charge in [0.1, 0.15) is 0 Å². The molecular formula is C20H17NO. The molecule has 0 spiro atoms. The van der Waals surface area contributed by atoms with Gasteiger partial charge in [-0.2, -0.15) is 0 Å². The molecular weight excluding hydrogens is 270 g/mol. The summed E-state index contributed by atoms with van der Waals surface area (Å²) in [4.78, 5) is 11.3. The van der Waals surface area contributed by atoms with Gasteiger partial charge in [0.15, 0.2) is 6.29 Å². The minimum atomic E-state index is 0.653. The van der Waals surface area contributed by atoms with Crippen molar-refractivity contribution in [1.82, 2.24) is 0 Å². The number of carbonyl (C=O) groups excluding carboxylic acids is 1. The number of benzene rings is 3. The number of hydrogen-bond donors (Lipinski definition) is 1. The molecule has 108 valence electrons. The van der Waals surface area contributed by atoms with Crippen LogP contribution in [0.3, 0.4) is 0 Å². The van der Waals surface area contributed by atoms with Gasteiger partial charge < -0.3 is 5.32 Å². The Morgan fingerprint density at radius 3 is 2.18 bits per heavy atom. The van der Waals surface area contributed by atoms with Crippen LogP contribution < -0.4 is 5.32 Å². The quantitative estimate of drug-likeness (QED) is 0.667. The largest absolute Gasteiger partial charge is 0.355 e. The molecule has 22 heavy (non-hydrogen) atoms. The zero-order valence-electron chi connectivity index (χ0n) is 12.4. The van der Waals surface area contributed by atoms with Crippen LogP contribution in [-0.4, -0.2) is 6.29 Å². The lowest BCUT2D eigenvalue weighted by atomic mass is 10.0. The second-order valence-corrected chi connectivity index (χ2v) is 5.28. The summed E-state index contributed by atoms with van der Waals surface area (Å²) < 4.78 is 0. The van der Waals surface area contributed by atoms with E-state index in [9.17, 15) is 4.79 Å². The predicted octanol–water partition coefficient (Wildman–Crippen LogP) is 5.22. The van der Waals surface area contributed by atoms with Gasteiger partial charge in [0.2, 0.25) is 0 Å². The van der Waals surface area contributed by atoms with E-state index in [0.29, 0.717) is 5.56 Å². The Balaban J connectivity index is 1.99. The number of carbonyl (C=O) groups is 1. The van der Waals surface area contributed by atoms with Crippen molar-refractivity contribution in [2.75, 3.05) is 5.32 Å². The van der Waals surface area contributed by atoms with E-state index in [1.54, 1.807) is 0 Å². The Kier molecular flexibility index (Phi) is 4.01. The van der Waals surface area contributed by atoms with Crippen molar-refractivity contribution in [2.45, 2.75) is 6.92 Å². The molecule has 0 heterocycles. The van der Waals surface area contributed by atoms with Crippen molar-refractivity contribution in [2.24, 2.45) is 0 Å². The molecule has 0 saturated heterocycles. The molecule has 0 aromatic heterocycles. The summed E-state index contributed by atoms with van der Waals surface area (Å²) in [6.45, 7) is 2.07. The van der Waals surface area contributed by atoms with Gasteiger partial charge in [-0.05, 0) is 42.3 Å². The highest BCUT2D eigenvalue weighted by Gasteiger charge is 2.05. The third-order valence-electron chi connectivity index (χ3n) is 3.62. The normalized spacial score (nSPS) is 10.2. The smallest absolute Gasteiger partial charge is 0.152 e. The molecule has 0 amide bonds. The van der Waals surface area contributed by atoms with E-state index in [4.69, 9.17) is 0 Å². The predicted molar refractivity (Wildman–Crippen MR) is 91.7 cm³/mol. The minimum Gasteiger partial charge on any atom is -0.355 e. The molecule has 0 aliphatic rings. The van der Waals surface area contributed by atoms with Crippen LogP contribution in [0, 0.1) is 6.92 Å². The van der Waals surface area contributed by atoms with Gasteiger partial charge in [-0.15, -0.1) is 0 Å². The molecule has 0 fully saturated rings. The molecule has 3 aromatic carbocycles. The Morgan fingerprint density at radius 2 is 1.50 bits per heavy atom. The first-order valence-electron chi connectivity index (χ1n) is 7.24. The van der Waals surface area contributed by atoms with Crippen molar-refractivity contribution in [3.05, 3.63) is 83.9 Å². The third-order valence-corrected chi connectivity index (χ3v) is 3.62. The molecule has 3 rings (SSSR count). The summed E-state index contributed by atoms with van der Waals surface area (Å²) in [5.41, 5.74) is 5.89. The first-order chi connectivity index (χ1) is 10.8. The Bertz CT molecular complexity index is 777. The van der Waals surface area contributed by atoms with Gasteiger partial charge >= 0.3 is 0 Å². The van der Waals surface area contributed by atoms with Gasteiger partial charge in [-0.3, -0.25) is 4.79 Å². The number of aryl methyl sites for hydroxylation is 1. The van der Waals surface area contributed by atoms with Crippen LogP contribution in [0.25, 0.3) is 11.1 Å². The maximum Gasteiger partial charge on any atom is 0.152 e. The van der Waals surface area contributed by atoms with E-state index in [0.717, 1.165) is 28.8 Å². The summed E-state index contributed by atoms with van der Waals surface area (Å²) in [5.74, 6) is 0. The second-order valence-electron chi connectivity index (χ2n) is 5.28. The maximum absolute atomic E-state index is 11.3. The highest BCUT2D eigenvalue weighted by molar-refractivity contribution is 5.88. The standard InChI is InChI=1S/C20H17NO/c1-15-7-9-16(10-8-15)17-11-12-18(14-22)20(13-17)21-19-5-3-2-4-6-19/h2-14,21H,1H3. The fraction of sp³-hybridized carbons (Fsp3) is 0.0500. The molecule has 0 aliphatic heterocycles. The molecule has 3 aromatic rings. The fourth-order valence-corrected chi connectivity index (χ4v) is 2.37. The first-order valence-corrected chi connectivity index (χ1v) is 7.24. The van der Waals surface area contributed by atoms with E-state index in [2.05, 4.69) is 36.5 Å². The molecule has 0 saturated carbocycles. The van der Waals surface area contributed by atoms with Crippen molar-refractivity contribution in [1.29, 1.82) is 0 Å². The Labute approximate surface area is 130 Å².